The van der Waals surface area contributed by atoms with Crippen LogP contribution >= 0.6 is 13.5 Å². The van der Waals surface area contributed by atoms with Gasteiger partial charge in [0, 0.05) is 47.7 Å². The summed E-state index contributed by atoms with van der Waals surface area (Å²) < 4.78 is 151. The zero-order valence-corrected chi connectivity index (χ0v) is 49.6. The molecule has 3 N–H and O–H groups in total. The number of carboxylic acids is 1. The largest absolute Gasteiger partial charge is 0.481 e. The van der Waals surface area contributed by atoms with Gasteiger partial charge in [0.05, 0.1) is 47.2 Å². The molecular weight excluding hydrogens is 1200 g/mol. The molecule has 0 aliphatic heterocycles. The number of amides is 2. The molecule has 23 heteroatoms. The van der Waals surface area contributed by atoms with Crippen LogP contribution in [-0.4, -0.2) is 75.9 Å². The number of halogens is 11. The summed E-state index contributed by atoms with van der Waals surface area (Å²) in [6.45, 7) is 3.11. The molecule has 2 spiro atoms. The van der Waals surface area contributed by atoms with Crippen molar-refractivity contribution in [2.24, 2.45) is 22.7 Å². The number of hydrogen-bond donors (Lipinski definition) is 3. The van der Waals surface area contributed by atoms with E-state index in [0.717, 1.165) is 79.5 Å². The molecule has 89 heavy (non-hydrogen) atoms. The van der Waals surface area contributed by atoms with Gasteiger partial charge in [0.15, 0.2) is 0 Å². The van der Waals surface area contributed by atoms with Crippen LogP contribution in [0.3, 0.4) is 0 Å². The van der Waals surface area contributed by atoms with E-state index in [0.29, 0.717) is 76.6 Å². The first kappa shape index (κ1) is 67.2. The van der Waals surface area contributed by atoms with Crippen molar-refractivity contribution in [1.82, 2.24) is 19.8 Å². The van der Waals surface area contributed by atoms with E-state index in [4.69, 9.17) is 16.0 Å². The van der Waals surface area contributed by atoms with Crippen LogP contribution in [0.5, 0.6) is 0 Å². The van der Waals surface area contributed by atoms with Gasteiger partial charge in [0.25, 0.3) is 11.8 Å². The van der Waals surface area contributed by atoms with Crippen LogP contribution < -0.4 is 10.6 Å². The zero-order valence-electron chi connectivity index (χ0n) is 49.6. The molecule has 2 amide bonds. The summed E-state index contributed by atoms with van der Waals surface area (Å²) in [5, 5.41) is 16.6. The van der Waals surface area contributed by atoms with Gasteiger partial charge in [-0.15, -0.1) is 0 Å². The molecule has 11 nitrogen and oxygen atoms in total. The highest BCUT2D eigenvalue weighted by molar-refractivity contribution is 7.59. The van der Waals surface area contributed by atoms with Gasteiger partial charge in [0.2, 0.25) is 6.29 Å². The van der Waals surface area contributed by atoms with Crippen LogP contribution in [0.15, 0.2) is 128 Å². The Balaban J connectivity index is 0.000000227. The predicted molar refractivity (Wildman–Crippen MR) is 318 cm³/mol. The lowest BCUT2D eigenvalue weighted by Gasteiger charge is -2.57. The Morgan fingerprint density at radius 1 is 0.618 bits per heavy atom. The number of aryl methyl sites for hydroxylation is 2. The van der Waals surface area contributed by atoms with Gasteiger partial charge in [-0.1, -0.05) is 92.7 Å². The van der Waals surface area contributed by atoms with Crippen LogP contribution in [0.2, 0.25) is 0 Å². The van der Waals surface area contributed by atoms with E-state index >= 15 is 0 Å². The number of aromatic nitrogens is 2. The molecule has 11 rings (SSSR count). The molecule has 4 aliphatic rings. The van der Waals surface area contributed by atoms with Gasteiger partial charge in [0.1, 0.15) is 19.5 Å². The molecule has 0 unspecified atom stereocenters. The van der Waals surface area contributed by atoms with E-state index in [9.17, 15) is 67.5 Å². The van der Waals surface area contributed by atoms with Crippen LogP contribution in [0.25, 0.3) is 21.8 Å². The Bertz CT molecular complexity index is 3600. The number of aliphatic carboxylic acids is 1. The van der Waals surface area contributed by atoms with E-state index in [1.807, 2.05) is 61.5 Å². The fourth-order valence-electron chi connectivity index (χ4n) is 12.9. The first-order valence-corrected chi connectivity index (χ1v) is 28.7. The molecule has 0 saturated heterocycles. The zero-order chi connectivity index (χ0) is 64.6. The first-order valence-electron chi connectivity index (χ1n) is 29.4. The van der Waals surface area contributed by atoms with Gasteiger partial charge >= 0.3 is 30.5 Å². The lowest BCUT2D eigenvalue weighted by atomic mass is 9.50. The number of benzene rings is 5. The highest BCUT2D eigenvalue weighted by atomic mass is 32.1. The van der Waals surface area contributed by atoms with E-state index < -0.39 is 55.3 Å². The molecule has 0 radical (unpaired) electrons. The second-order valence-corrected chi connectivity index (χ2v) is 23.1. The lowest BCUT2D eigenvalue weighted by molar-refractivity contribution is -0.167. The summed E-state index contributed by atoms with van der Waals surface area (Å²) in [4.78, 5) is 59.4. The molecule has 7 aromatic rings. The number of ether oxygens (including phenoxy) is 1. The van der Waals surface area contributed by atoms with Crippen molar-refractivity contribution < 1.29 is 83.5 Å². The maximum Gasteiger partial charge on any atom is 0.446 e. The topological polar surface area (TPSA) is 149 Å². The third-order valence-electron chi connectivity index (χ3n) is 17.0. The first-order chi connectivity index (χ1) is 42.1. The Labute approximate surface area is 515 Å². The van der Waals surface area contributed by atoms with Gasteiger partial charge in [-0.05, 0) is 146 Å². The number of carbonyl (C=O) groups is 5. The minimum absolute atomic E-state index is 0. The maximum atomic E-state index is 13.6. The quantitative estimate of drug-likeness (QED) is 0.0495. The second kappa shape index (κ2) is 28.4. The number of alkyl halides is 11. The summed E-state index contributed by atoms with van der Waals surface area (Å²) in [5.74, 6) is -1.93. The molecule has 0 bridgehead atoms. The van der Waals surface area contributed by atoms with Gasteiger partial charge in [-0.25, -0.2) is 8.78 Å². The molecule has 4 fully saturated rings. The van der Waals surface area contributed by atoms with Crippen molar-refractivity contribution >= 4 is 65.3 Å². The average molecular weight is 1270 g/mol. The summed E-state index contributed by atoms with van der Waals surface area (Å²) in [5.41, 5.74) is 4.65. The number of aldehydes is 1. The summed E-state index contributed by atoms with van der Waals surface area (Å²) in [6, 6.07) is 30.4. The van der Waals surface area contributed by atoms with Crippen molar-refractivity contribution in [3.05, 3.63) is 178 Å². The Hall–Kier alpha value is -7.69. The number of esters is 1. The monoisotopic (exact) mass is 1270 g/mol. The van der Waals surface area contributed by atoms with Crippen molar-refractivity contribution in [2.75, 3.05) is 13.3 Å². The highest BCUT2D eigenvalue weighted by Gasteiger charge is 2.57. The standard InChI is InChI=1S/C35H34F4N2O3.C27H26F4N2O3.C2HF3O.C2H6.H2S/c1-22(24-6-3-2-4-7-24)44-33(43)26-17-34(18-26)19-28(20-34)40-32(42)29-21-41(15-14-36)30-9-5-8-25(31(29)30)16-23-10-12-27(13-11-23)35(37,38)39;28-8-9-33-15-21(24(34)32-20-13-26(14-20)11-18(12-26)25(35)36)23-17(2-1-3-22(23)33)10-16-4-6-19(7-5-16)27(29,30)31;3-2(4,5)1-6;1-2;/h2-13,21-22,26,28H,14-20H2,1H3,(H,40,42);1-7,15,18,20H,8-14H2,(H,32,34)(H,35,36);1H;1-2H3;1H2/t22-,26?,28?,34?;;;;/m0..../s1/i;;;1D;. The molecule has 478 valence electrons. The lowest BCUT2D eigenvalue weighted by Crippen LogP contribution is -2.57. The smallest absolute Gasteiger partial charge is 0.446 e. The number of nitrogens with zero attached hydrogens (tertiary/aromatic N) is 2. The molecule has 5 aromatic carbocycles. The number of fused-ring (bicyclic) bond motifs is 2. The van der Waals surface area contributed by atoms with E-state index in [1.54, 1.807) is 40.6 Å². The molecule has 4 saturated carbocycles. The number of hydrogen-bond acceptors (Lipinski definition) is 6. The Kier molecular flexibility index (Phi) is 21.5. The molecule has 1 atom stereocenters. The van der Waals surface area contributed by atoms with Crippen molar-refractivity contribution in [3.63, 3.8) is 0 Å². The number of carboxylic acid groups (broad SMARTS) is 1. The van der Waals surface area contributed by atoms with Gasteiger partial charge in [-0.3, -0.25) is 24.0 Å². The molecule has 2 heterocycles. The van der Waals surface area contributed by atoms with Crippen LogP contribution in [0.4, 0.5) is 48.3 Å². The summed E-state index contributed by atoms with van der Waals surface area (Å²) in [7, 11) is 0. The van der Waals surface area contributed by atoms with E-state index in [-0.39, 0.29) is 85.2 Å². The minimum Gasteiger partial charge on any atom is -0.481 e. The summed E-state index contributed by atoms with van der Waals surface area (Å²) in [6.07, 6.45) is -5.11. The van der Waals surface area contributed by atoms with Gasteiger partial charge in [-0.2, -0.15) is 53.0 Å². The van der Waals surface area contributed by atoms with Crippen LogP contribution in [-0.2, 0) is 57.4 Å². The van der Waals surface area contributed by atoms with Crippen LogP contribution in [0.1, 0.15) is 139 Å². The normalized spacial score (nSPS) is 21.2. The maximum absolute atomic E-state index is 13.6. The van der Waals surface area contributed by atoms with E-state index in [1.165, 1.54) is 24.3 Å². The molecule has 4 aliphatic carbocycles. The third-order valence-corrected chi connectivity index (χ3v) is 17.0. The van der Waals surface area contributed by atoms with Crippen molar-refractivity contribution in [3.8, 4) is 0 Å². The second-order valence-electron chi connectivity index (χ2n) is 23.1. The average Bonchev–Trinajstić information content (AvgIpc) is 0.841. The molecular formula is C66H69F11N4O7S. The number of carbonyl (C=O) groups excluding carboxylic acids is 4. The number of nitrogens with one attached hydrogen (secondary N) is 2. The predicted octanol–water partition coefficient (Wildman–Crippen LogP) is 15.3. The fourth-order valence-corrected chi connectivity index (χ4v) is 12.9. The van der Waals surface area contributed by atoms with Crippen molar-refractivity contribution in [2.45, 2.75) is 135 Å². The fraction of sp³-hybridized carbons (Fsp3) is 0.409. The minimum atomic E-state index is -4.64. The summed E-state index contributed by atoms with van der Waals surface area (Å²) >= 11 is 0. The third kappa shape index (κ3) is 16.4. The van der Waals surface area contributed by atoms with E-state index in [2.05, 4.69) is 10.6 Å². The Morgan fingerprint density at radius 2 is 1.00 bits per heavy atom. The van der Waals surface area contributed by atoms with Gasteiger partial charge < -0.3 is 29.6 Å². The SMILES string of the molecule is C[C@H](OC(=O)C1CC2(CC(NC(=O)c3cn(CCF)c4cccc(Cc5ccc(C(F)(F)F)cc5)c34)C2)C1)c1ccccc1.O=C(NC1CC2(C1)CC(C(=O)O)C2)c1cn(CCF)c2cccc(Cc3ccc(C(F)(F)F)cc3)c12.O=CC(F)(F)F.S.[2H]CC. The Morgan fingerprint density at radius 3 is 1.35 bits per heavy atom. The van der Waals surface area contributed by atoms with Crippen LogP contribution in [0, 0.1) is 22.7 Å². The highest BCUT2D eigenvalue weighted by Crippen LogP contribution is 2.60. The molecule has 2 aromatic heterocycles. The van der Waals surface area contributed by atoms with Crippen molar-refractivity contribution in [1.29, 1.82) is 0 Å². The number of rotatable bonds is 16.